The highest BCUT2D eigenvalue weighted by Crippen LogP contribution is 2.20. The third kappa shape index (κ3) is 2.14. The highest BCUT2D eigenvalue weighted by Gasteiger charge is 2.39. The Morgan fingerprint density at radius 1 is 1.26 bits per heavy atom. The molecule has 1 saturated heterocycles. The molecule has 0 radical (unpaired) electrons. The summed E-state index contributed by atoms with van der Waals surface area (Å²) in [4.78, 5) is 36.7. The van der Waals surface area contributed by atoms with Gasteiger partial charge in [0.25, 0.3) is 11.8 Å². The highest BCUT2D eigenvalue weighted by molar-refractivity contribution is 6.30. The number of hydrogen-bond acceptors (Lipinski definition) is 4. The van der Waals surface area contributed by atoms with Gasteiger partial charge in [0.2, 0.25) is 0 Å². The van der Waals surface area contributed by atoms with Crippen molar-refractivity contribution < 1.29 is 19.5 Å². The van der Waals surface area contributed by atoms with Gasteiger partial charge in [0.05, 0.1) is 6.54 Å². The first kappa shape index (κ1) is 13.0. The molecule has 0 unspecified atom stereocenters. The number of Topliss-reactive ketones (excluding diaryl/α,β-unsaturated/α-hetero) is 1. The van der Waals surface area contributed by atoms with Crippen LogP contribution in [0.5, 0.6) is 0 Å². The Bertz CT molecular complexity index is 612. The minimum Gasteiger partial charge on any atom is -0.512 e. The van der Waals surface area contributed by atoms with E-state index in [-0.39, 0.29) is 17.9 Å². The van der Waals surface area contributed by atoms with Gasteiger partial charge in [0, 0.05) is 5.56 Å². The number of rotatable bonds is 1. The molecule has 98 valence electrons. The normalized spacial score (nSPS) is 17.9. The van der Waals surface area contributed by atoms with Crippen LogP contribution in [0.15, 0.2) is 35.6 Å². The molecular weight excluding hydrogens is 246 g/mol. The van der Waals surface area contributed by atoms with Gasteiger partial charge < -0.3 is 5.11 Å². The van der Waals surface area contributed by atoms with E-state index >= 15 is 0 Å². The first-order valence-electron chi connectivity index (χ1n) is 5.78. The molecule has 1 heterocycles. The summed E-state index contributed by atoms with van der Waals surface area (Å²) in [5.74, 6) is -2.15. The number of amides is 2. The predicted molar refractivity (Wildman–Crippen MR) is 67.6 cm³/mol. The predicted octanol–water partition coefficient (Wildman–Crippen LogP) is 1.38. The fraction of sp³-hybridized carbons (Fsp3) is 0.214. The van der Waals surface area contributed by atoms with E-state index in [1.165, 1.54) is 6.92 Å². The number of aryl methyl sites for hydroxylation is 1. The minimum absolute atomic E-state index is 0.304. The molecule has 1 aliphatic heterocycles. The highest BCUT2D eigenvalue weighted by atomic mass is 16.3. The van der Waals surface area contributed by atoms with E-state index in [9.17, 15) is 19.5 Å². The molecule has 1 aromatic carbocycles. The van der Waals surface area contributed by atoms with Crippen molar-refractivity contribution in [3.05, 3.63) is 46.7 Å². The largest absolute Gasteiger partial charge is 0.512 e. The Hall–Kier alpha value is -2.43. The van der Waals surface area contributed by atoms with Gasteiger partial charge in [0.15, 0.2) is 5.78 Å². The maximum Gasteiger partial charge on any atom is 0.268 e. The fourth-order valence-corrected chi connectivity index (χ4v) is 2.03. The van der Waals surface area contributed by atoms with E-state index < -0.39 is 17.6 Å². The van der Waals surface area contributed by atoms with Crippen LogP contribution in [0, 0.1) is 6.92 Å². The summed E-state index contributed by atoms with van der Waals surface area (Å²) in [5.41, 5.74) is 0.799. The van der Waals surface area contributed by atoms with Crippen molar-refractivity contribution in [3.63, 3.8) is 0 Å². The van der Waals surface area contributed by atoms with E-state index in [0.29, 0.717) is 5.56 Å². The van der Waals surface area contributed by atoms with Crippen LogP contribution in [-0.4, -0.2) is 34.1 Å². The van der Waals surface area contributed by atoms with Gasteiger partial charge in [-0.3, -0.25) is 19.3 Å². The van der Waals surface area contributed by atoms with Crippen molar-refractivity contribution in [2.45, 2.75) is 13.8 Å². The number of benzene rings is 1. The number of carbonyl (C=O) groups excluding carboxylic acids is 3. The van der Waals surface area contributed by atoms with Crippen LogP contribution in [0.25, 0.3) is 0 Å². The molecule has 1 aromatic rings. The van der Waals surface area contributed by atoms with Gasteiger partial charge in [-0.1, -0.05) is 18.2 Å². The molecule has 2 amide bonds. The SMILES string of the molecule is C/C(O)=C1\C(=O)CN(C(=O)c2ccccc2C)C1=O. The average Bonchev–Trinajstić information content (AvgIpc) is 2.64. The second kappa shape index (κ2) is 4.68. The number of nitrogens with zero attached hydrogens (tertiary/aromatic N) is 1. The van der Waals surface area contributed by atoms with Gasteiger partial charge in [-0.25, -0.2) is 0 Å². The maximum absolute atomic E-state index is 12.2. The number of hydrogen-bond donors (Lipinski definition) is 1. The lowest BCUT2D eigenvalue weighted by Crippen LogP contribution is -2.33. The molecule has 19 heavy (non-hydrogen) atoms. The Labute approximate surface area is 110 Å². The van der Waals surface area contributed by atoms with Crippen molar-refractivity contribution in [2.24, 2.45) is 0 Å². The molecule has 0 aliphatic carbocycles. The van der Waals surface area contributed by atoms with Crippen molar-refractivity contribution in [1.82, 2.24) is 4.90 Å². The molecule has 0 saturated carbocycles. The number of imide groups is 1. The van der Waals surface area contributed by atoms with Crippen LogP contribution in [0.1, 0.15) is 22.8 Å². The quantitative estimate of drug-likeness (QED) is 0.358. The van der Waals surface area contributed by atoms with E-state index in [4.69, 9.17) is 0 Å². The summed E-state index contributed by atoms with van der Waals surface area (Å²) in [5, 5.41) is 9.32. The molecule has 5 heteroatoms. The van der Waals surface area contributed by atoms with Gasteiger partial charge in [0.1, 0.15) is 11.3 Å². The third-order valence-electron chi connectivity index (χ3n) is 3.02. The first-order valence-corrected chi connectivity index (χ1v) is 5.78. The van der Waals surface area contributed by atoms with Crippen LogP contribution < -0.4 is 0 Å². The second-order valence-electron chi connectivity index (χ2n) is 4.39. The maximum atomic E-state index is 12.2. The lowest BCUT2D eigenvalue weighted by molar-refractivity contribution is -0.122. The minimum atomic E-state index is -0.738. The van der Waals surface area contributed by atoms with Crippen molar-refractivity contribution in [1.29, 1.82) is 0 Å². The first-order chi connectivity index (χ1) is 8.93. The molecule has 0 aromatic heterocycles. The lowest BCUT2D eigenvalue weighted by atomic mass is 10.1. The Kier molecular flexibility index (Phi) is 3.21. The van der Waals surface area contributed by atoms with Crippen LogP contribution >= 0.6 is 0 Å². The second-order valence-corrected chi connectivity index (χ2v) is 4.39. The smallest absolute Gasteiger partial charge is 0.268 e. The monoisotopic (exact) mass is 259 g/mol. The zero-order valence-electron chi connectivity index (χ0n) is 10.6. The Balaban J connectivity index is 2.38. The van der Waals surface area contributed by atoms with Crippen LogP contribution in [-0.2, 0) is 9.59 Å². The molecule has 1 N–H and O–H groups in total. The van der Waals surface area contributed by atoms with Crippen LogP contribution in [0.3, 0.4) is 0 Å². The van der Waals surface area contributed by atoms with E-state index in [1.807, 2.05) is 0 Å². The van der Waals surface area contributed by atoms with Crippen molar-refractivity contribution >= 4 is 17.6 Å². The number of ketones is 1. The van der Waals surface area contributed by atoms with E-state index in [2.05, 4.69) is 0 Å². The molecule has 0 spiro atoms. The molecule has 1 aliphatic rings. The molecule has 0 bridgehead atoms. The molecule has 5 nitrogen and oxygen atoms in total. The summed E-state index contributed by atoms with van der Waals surface area (Å²) in [6.07, 6.45) is 0. The summed E-state index contributed by atoms with van der Waals surface area (Å²) in [6, 6.07) is 6.83. The fourth-order valence-electron chi connectivity index (χ4n) is 2.03. The van der Waals surface area contributed by atoms with Gasteiger partial charge >= 0.3 is 0 Å². The zero-order chi connectivity index (χ0) is 14.2. The van der Waals surface area contributed by atoms with E-state index in [0.717, 1.165) is 10.5 Å². The molecule has 0 atom stereocenters. The van der Waals surface area contributed by atoms with Gasteiger partial charge in [-0.2, -0.15) is 0 Å². The number of aliphatic hydroxyl groups is 1. The zero-order valence-corrected chi connectivity index (χ0v) is 10.6. The topological polar surface area (TPSA) is 74.7 Å². The molecule has 2 rings (SSSR count). The van der Waals surface area contributed by atoms with Crippen molar-refractivity contribution in [2.75, 3.05) is 6.54 Å². The number of allylic oxidation sites excluding steroid dienone is 1. The Morgan fingerprint density at radius 2 is 1.89 bits per heavy atom. The average molecular weight is 259 g/mol. The molecular formula is C14H13NO4. The summed E-state index contributed by atoms with van der Waals surface area (Å²) in [6.45, 7) is 2.69. The summed E-state index contributed by atoms with van der Waals surface area (Å²) >= 11 is 0. The number of likely N-dealkylation sites (tertiary alicyclic amines) is 1. The molecule has 1 fully saturated rings. The van der Waals surface area contributed by atoms with Gasteiger partial charge in [-0.05, 0) is 25.5 Å². The Morgan fingerprint density at radius 3 is 2.42 bits per heavy atom. The third-order valence-corrected chi connectivity index (χ3v) is 3.02. The summed E-state index contributed by atoms with van der Waals surface area (Å²) < 4.78 is 0. The summed E-state index contributed by atoms with van der Waals surface area (Å²) in [7, 11) is 0. The standard InChI is InChI=1S/C14H13NO4/c1-8-5-3-4-6-10(8)13(18)15-7-11(17)12(9(2)16)14(15)19/h3-6,16H,7H2,1-2H3/b12-9-. The number of carbonyl (C=O) groups is 3. The van der Waals surface area contributed by atoms with Crippen LogP contribution in [0.2, 0.25) is 0 Å². The van der Waals surface area contributed by atoms with Crippen LogP contribution in [0.4, 0.5) is 0 Å². The van der Waals surface area contributed by atoms with Gasteiger partial charge in [-0.15, -0.1) is 0 Å². The van der Waals surface area contributed by atoms with E-state index in [1.54, 1.807) is 31.2 Å². The van der Waals surface area contributed by atoms with Crippen molar-refractivity contribution in [3.8, 4) is 0 Å². The number of aliphatic hydroxyl groups excluding tert-OH is 1. The lowest BCUT2D eigenvalue weighted by Gasteiger charge is -2.13.